The number of carbonyl (C=O) groups excluding carboxylic acids is 1. The Balaban J connectivity index is 1.39. The first kappa shape index (κ1) is 20.6. The second-order valence-electron chi connectivity index (χ2n) is 6.85. The van der Waals surface area contributed by atoms with Gasteiger partial charge in [-0.15, -0.1) is 0 Å². The highest BCUT2D eigenvalue weighted by Gasteiger charge is 2.15. The average Bonchev–Trinajstić information content (AvgIpc) is 3.36. The van der Waals surface area contributed by atoms with E-state index in [4.69, 9.17) is 16.3 Å². The van der Waals surface area contributed by atoms with Crippen LogP contribution in [0, 0.1) is 12.7 Å². The highest BCUT2D eigenvalue weighted by atomic mass is 35.5. The molecule has 0 spiro atoms. The number of hydrogen-bond acceptors (Lipinski definition) is 4. The second-order valence-corrected chi connectivity index (χ2v) is 7.26. The first-order valence-corrected chi connectivity index (χ1v) is 9.87. The third-order valence-electron chi connectivity index (χ3n) is 4.56. The van der Waals surface area contributed by atoms with Gasteiger partial charge in [0.25, 0.3) is 5.91 Å². The third-order valence-corrected chi connectivity index (χ3v) is 4.83. The topological polar surface area (TPSA) is 74.0 Å². The number of aromatic nitrogens is 4. The van der Waals surface area contributed by atoms with Crippen LogP contribution >= 0.6 is 11.6 Å². The number of ether oxygens (including phenoxy) is 1. The molecular weight excluding hydrogens is 421 g/mol. The summed E-state index contributed by atoms with van der Waals surface area (Å²) in [6, 6.07) is 15.6. The van der Waals surface area contributed by atoms with Gasteiger partial charge in [-0.05, 0) is 30.7 Å². The molecule has 0 aliphatic rings. The van der Waals surface area contributed by atoms with E-state index in [1.807, 2.05) is 31.2 Å². The van der Waals surface area contributed by atoms with Crippen LogP contribution in [0.4, 0.5) is 10.2 Å². The summed E-state index contributed by atoms with van der Waals surface area (Å²) in [5, 5.41) is 11.3. The SMILES string of the molecule is Cc1ccccc1OCn1ccc(C(=O)Nc2nn(Cc3ccccc3F)cc2Cl)n1. The van der Waals surface area contributed by atoms with Crippen LogP contribution < -0.4 is 10.1 Å². The normalized spacial score (nSPS) is 10.8. The van der Waals surface area contributed by atoms with E-state index in [0.717, 1.165) is 11.3 Å². The fourth-order valence-electron chi connectivity index (χ4n) is 2.94. The van der Waals surface area contributed by atoms with E-state index >= 15 is 0 Å². The molecule has 0 saturated carbocycles. The summed E-state index contributed by atoms with van der Waals surface area (Å²) < 4.78 is 22.5. The minimum atomic E-state index is -0.465. The van der Waals surface area contributed by atoms with Crippen molar-refractivity contribution in [2.75, 3.05) is 5.32 Å². The van der Waals surface area contributed by atoms with Gasteiger partial charge in [-0.1, -0.05) is 48.0 Å². The zero-order chi connectivity index (χ0) is 21.8. The molecule has 0 atom stereocenters. The van der Waals surface area contributed by atoms with Crippen LogP contribution in [0.15, 0.2) is 67.0 Å². The lowest BCUT2D eigenvalue weighted by atomic mass is 10.2. The molecule has 31 heavy (non-hydrogen) atoms. The van der Waals surface area contributed by atoms with Crippen molar-refractivity contribution < 1.29 is 13.9 Å². The molecule has 2 aromatic heterocycles. The molecule has 0 fully saturated rings. The summed E-state index contributed by atoms with van der Waals surface area (Å²) in [4.78, 5) is 12.5. The van der Waals surface area contributed by atoms with Crippen molar-refractivity contribution in [2.24, 2.45) is 0 Å². The van der Waals surface area contributed by atoms with Gasteiger partial charge in [0, 0.05) is 18.0 Å². The summed E-state index contributed by atoms with van der Waals surface area (Å²) in [7, 11) is 0. The van der Waals surface area contributed by atoms with Crippen LogP contribution in [0.5, 0.6) is 5.75 Å². The zero-order valence-corrected chi connectivity index (χ0v) is 17.4. The minimum absolute atomic E-state index is 0.163. The standard InChI is InChI=1S/C22H19ClFN5O2/c1-15-6-2-5-9-20(15)31-14-28-11-10-19(26-28)22(30)25-21-17(23)13-29(27-21)12-16-7-3-4-8-18(16)24/h2-11,13H,12,14H2,1H3,(H,25,27,30). The van der Waals surface area contributed by atoms with Crippen LogP contribution in [0.2, 0.25) is 5.02 Å². The fraction of sp³-hybridized carbons (Fsp3) is 0.136. The number of amides is 1. The van der Waals surface area contributed by atoms with Gasteiger partial charge in [-0.3, -0.25) is 9.48 Å². The van der Waals surface area contributed by atoms with Crippen LogP contribution in [0.3, 0.4) is 0 Å². The number of halogens is 2. The summed E-state index contributed by atoms with van der Waals surface area (Å²) in [5.41, 5.74) is 1.66. The van der Waals surface area contributed by atoms with E-state index in [0.29, 0.717) is 5.56 Å². The predicted molar refractivity (Wildman–Crippen MR) is 115 cm³/mol. The van der Waals surface area contributed by atoms with Crippen molar-refractivity contribution in [3.8, 4) is 5.75 Å². The Hall–Kier alpha value is -3.65. The van der Waals surface area contributed by atoms with Gasteiger partial charge in [0.05, 0.1) is 6.54 Å². The molecule has 7 nitrogen and oxygen atoms in total. The van der Waals surface area contributed by atoms with Crippen LogP contribution in [0.25, 0.3) is 0 Å². The van der Waals surface area contributed by atoms with Gasteiger partial charge in [-0.2, -0.15) is 10.2 Å². The largest absolute Gasteiger partial charge is 0.471 e. The highest BCUT2D eigenvalue weighted by molar-refractivity contribution is 6.33. The molecular formula is C22H19ClFN5O2. The molecule has 0 radical (unpaired) electrons. The Kier molecular flexibility index (Phi) is 5.99. The smallest absolute Gasteiger partial charge is 0.277 e. The number of carbonyl (C=O) groups is 1. The monoisotopic (exact) mass is 439 g/mol. The second kappa shape index (κ2) is 9.01. The average molecular weight is 440 g/mol. The van der Waals surface area contributed by atoms with E-state index in [2.05, 4.69) is 15.5 Å². The molecule has 2 heterocycles. The molecule has 1 amide bonds. The van der Waals surface area contributed by atoms with Gasteiger partial charge in [0.15, 0.2) is 18.2 Å². The van der Waals surface area contributed by atoms with E-state index in [-0.39, 0.29) is 35.6 Å². The van der Waals surface area contributed by atoms with Crippen molar-refractivity contribution in [3.05, 3.63) is 94.7 Å². The first-order valence-electron chi connectivity index (χ1n) is 9.49. The van der Waals surface area contributed by atoms with Crippen LogP contribution in [-0.4, -0.2) is 25.5 Å². The summed E-state index contributed by atoms with van der Waals surface area (Å²) in [6.45, 7) is 2.30. The molecule has 0 saturated heterocycles. The number of para-hydroxylation sites is 1. The molecule has 0 aliphatic heterocycles. The van der Waals surface area contributed by atoms with Gasteiger partial charge >= 0.3 is 0 Å². The summed E-state index contributed by atoms with van der Waals surface area (Å²) in [6.07, 6.45) is 3.17. The molecule has 4 aromatic rings. The number of nitrogens with one attached hydrogen (secondary N) is 1. The predicted octanol–water partition coefficient (Wildman–Crippen LogP) is 4.52. The third kappa shape index (κ3) is 4.92. The van der Waals surface area contributed by atoms with Crippen LogP contribution in [-0.2, 0) is 13.3 Å². The van der Waals surface area contributed by atoms with Crippen molar-refractivity contribution in [2.45, 2.75) is 20.2 Å². The summed E-state index contributed by atoms with van der Waals surface area (Å²) >= 11 is 6.18. The quantitative estimate of drug-likeness (QED) is 0.459. The Morgan fingerprint density at radius 3 is 2.68 bits per heavy atom. The van der Waals surface area contributed by atoms with Crippen LogP contribution in [0.1, 0.15) is 21.6 Å². The Labute approximate surface area is 183 Å². The number of hydrogen-bond donors (Lipinski definition) is 1. The number of rotatable bonds is 7. The minimum Gasteiger partial charge on any atom is -0.471 e. The molecule has 4 rings (SSSR count). The van der Waals surface area contributed by atoms with Gasteiger partial charge in [-0.25, -0.2) is 9.07 Å². The zero-order valence-electron chi connectivity index (χ0n) is 16.6. The number of aryl methyl sites for hydroxylation is 1. The molecule has 158 valence electrons. The maximum absolute atomic E-state index is 13.8. The van der Waals surface area contributed by atoms with Crippen molar-refractivity contribution in [1.29, 1.82) is 0 Å². The number of nitrogens with zero attached hydrogens (tertiary/aromatic N) is 4. The number of anilines is 1. The Morgan fingerprint density at radius 1 is 1.10 bits per heavy atom. The molecule has 0 unspecified atom stereocenters. The van der Waals surface area contributed by atoms with E-state index in [1.54, 1.807) is 30.5 Å². The van der Waals surface area contributed by atoms with Crippen molar-refractivity contribution in [1.82, 2.24) is 19.6 Å². The Morgan fingerprint density at radius 2 is 1.87 bits per heavy atom. The first-order chi connectivity index (χ1) is 15.0. The molecule has 0 aliphatic carbocycles. The summed E-state index contributed by atoms with van der Waals surface area (Å²) in [5.74, 6) is 0.121. The number of benzene rings is 2. The highest BCUT2D eigenvalue weighted by Crippen LogP contribution is 2.21. The molecule has 1 N–H and O–H groups in total. The maximum atomic E-state index is 13.8. The maximum Gasteiger partial charge on any atom is 0.277 e. The van der Waals surface area contributed by atoms with Crippen molar-refractivity contribution in [3.63, 3.8) is 0 Å². The fourth-order valence-corrected chi connectivity index (χ4v) is 3.14. The molecule has 0 bridgehead atoms. The van der Waals surface area contributed by atoms with Gasteiger partial charge in [0.2, 0.25) is 0 Å². The Bertz CT molecular complexity index is 1220. The van der Waals surface area contributed by atoms with Gasteiger partial charge < -0.3 is 10.1 Å². The van der Waals surface area contributed by atoms with Gasteiger partial charge in [0.1, 0.15) is 16.6 Å². The molecule has 2 aromatic carbocycles. The van der Waals surface area contributed by atoms with E-state index < -0.39 is 5.91 Å². The van der Waals surface area contributed by atoms with Crippen molar-refractivity contribution >= 4 is 23.3 Å². The molecule has 9 heteroatoms. The lowest BCUT2D eigenvalue weighted by Gasteiger charge is -2.08. The van der Waals surface area contributed by atoms with E-state index in [1.165, 1.54) is 21.6 Å². The lowest BCUT2D eigenvalue weighted by Crippen LogP contribution is -2.15. The lowest BCUT2D eigenvalue weighted by molar-refractivity contribution is 0.101. The van der Waals surface area contributed by atoms with E-state index in [9.17, 15) is 9.18 Å².